The summed E-state index contributed by atoms with van der Waals surface area (Å²) in [4.78, 5) is 30.7. The van der Waals surface area contributed by atoms with Crippen LogP contribution in [0.1, 0.15) is 12.8 Å². The molecule has 1 aromatic rings. The van der Waals surface area contributed by atoms with Crippen molar-refractivity contribution in [1.29, 1.82) is 0 Å². The van der Waals surface area contributed by atoms with Gasteiger partial charge in [-0.05, 0) is 12.8 Å². The number of nitrogens with zero attached hydrogens (tertiary/aromatic N) is 4. The minimum absolute atomic E-state index is 0.0167. The highest BCUT2D eigenvalue weighted by molar-refractivity contribution is 6.35. The maximum absolute atomic E-state index is 13.8. The van der Waals surface area contributed by atoms with Crippen molar-refractivity contribution in [2.24, 2.45) is 0 Å². The molecule has 136 valence electrons. The molecule has 2 aliphatic heterocycles. The summed E-state index contributed by atoms with van der Waals surface area (Å²) in [6, 6.07) is 0. The summed E-state index contributed by atoms with van der Waals surface area (Å²) < 4.78 is 54.0. The first-order chi connectivity index (χ1) is 11.9. The fourth-order valence-electron chi connectivity index (χ4n) is 3.08. The fourth-order valence-corrected chi connectivity index (χ4v) is 3.08. The van der Waals surface area contributed by atoms with Crippen molar-refractivity contribution in [3.8, 4) is 0 Å². The topological polar surface area (TPSA) is 56.8 Å². The second kappa shape index (κ2) is 6.85. The number of pyridine rings is 1. The molecule has 0 N–H and O–H groups in total. The number of hydrogen-bond acceptors (Lipinski definition) is 4. The average Bonchev–Trinajstić information content (AvgIpc) is 3.14. The molecule has 0 spiro atoms. The Bertz CT molecular complexity index is 675. The van der Waals surface area contributed by atoms with E-state index in [1.807, 2.05) is 0 Å². The largest absolute Gasteiger partial charge is 0.363 e. The quantitative estimate of drug-likeness (QED) is 0.424. The second-order valence-electron chi connectivity index (χ2n) is 5.95. The van der Waals surface area contributed by atoms with E-state index in [2.05, 4.69) is 4.98 Å². The third kappa shape index (κ3) is 3.24. The predicted octanol–water partition coefficient (Wildman–Crippen LogP) is 0.909. The first-order valence-corrected chi connectivity index (χ1v) is 7.93. The lowest BCUT2D eigenvalue weighted by Gasteiger charge is -2.36. The lowest BCUT2D eigenvalue weighted by molar-refractivity contribution is -0.151. The highest BCUT2D eigenvalue weighted by Gasteiger charge is 2.33. The molecule has 0 unspecified atom stereocenters. The molecule has 6 nitrogen and oxygen atoms in total. The molecular weight excluding hydrogens is 344 g/mol. The Labute approximate surface area is 141 Å². The zero-order chi connectivity index (χ0) is 18.1. The van der Waals surface area contributed by atoms with Gasteiger partial charge < -0.3 is 14.7 Å². The number of piperazine rings is 1. The normalized spacial score (nSPS) is 18.0. The summed E-state index contributed by atoms with van der Waals surface area (Å²) in [5.74, 6) is -7.87. The van der Waals surface area contributed by atoms with Gasteiger partial charge in [-0.1, -0.05) is 0 Å². The van der Waals surface area contributed by atoms with Gasteiger partial charge >= 0.3 is 11.8 Å². The molecule has 3 heterocycles. The van der Waals surface area contributed by atoms with E-state index in [4.69, 9.17) is 0 Å². The van der Waals surface area contributed by atoms with Gasteiger partial charge in [0, 0.05) is 39.3 Å². The standard InChI is InChI=1S/C15H16F4N4O2/c16-9-11(10(17)13(19)20-12(9)18)21-5-7-23(8-6-21)15(25)14(24)22-3-1-2-4-22/h1-8H2. The number of amides is 2. The minimum atomic E-state index is -1.73. The molecule has 0 aliphatic carbocycles. The molecule has 2 aliphatic rings. The van der Waals surface area contributed by atoms with Crippen LogP contribution in [0.5, 0.6) is 0 Å². The van der Waals surface area contributed by atoms with E-state index in [1.165, 1.54) is 9.80 Å². The summed E-state index contributed by atoms with van der Waals surface area (Å²) >= 11 is 0. The van der Waals surface area contributed by atoms with Gasteiger partial charge in [0.05, 0.1) is 0 Å². The van der Waals surface area contributed by atoms with Gasteiger partial charge in [-0.3, -0.25) is 9.59 Å². The first kappa shape index (κ1) is 17.4. The van der Waals surface area contributed by atoms with E-state index >= 15 is 0 Å². The number of likely N-dealkylation sites (tertiary alicyclic amines) is 1. The maximum Gasteiger partial charge on any atom is 0.312 e. The summed E-state index contributed by atoms with van der Waals surface area (Å²) in [5.41, 5.74) is -0.844. The molecule has 0 aromatic carbocycles. The number of aromatic nitrogens is 1. The Hall–Kier alpha value is -2.39. The van der Waals surface area contributed by atoms with E-state index in [9.17, 15) is 27.2 Å². The van der Waals surface area contributed by atoms with Gasteiger partial charge in [-0.15, -0.1) is 0 Å². The number of halogens is 4. The Morgan fingerprint density at radius 3 is 1.64 bits per heavy atom. The summed E-state index contributed by atoms with van der Waals surface area (Å²) in [6.45, 7) is 0.990. The molecule has 0 saturated carbocycles. The lowest BCUT2D eigenvalue weighted by Crippen LogP contribution is -2.53. The highest BCUT2D eigenvalue weighted by Crippen LogP contribution is 2.27. The third-order valence-electron chi connectivity index (χ3n) is 4.43. The monoisotopic (exact) mass is 360 g/mol. The Kier molecular flexibility index (Phi) is 4.78. The van der Waals surface area contributed by atoms with Crippen LogP contribution in [0.25, 0.3) is 0 Å². The molecular formula is C15H16F4N4O2. The lowest BCUT2D eigenvalue weighted by atomic mass is 10.2. The van der Waals surface area contributed by atoms with Gasteiger partial charge in [0.15, 0.2) is 0 Å². The second-order valence-corrected chi connectivity index (χ2v) is 5.95. The van der Waals surface area contributed by atoms with Crippen molar-refractivity contribution in [3.05, 3.63) is 23.5 Å². The molecule has 2 saturated heterocycles. The van der Waals surface area contributed by atoms with Crippen molar-refractivity contribution in [1.82, 2.24) is 14.8 Å². The first-order valence-electron chi connectivity index (χ1n) is 7.93. The van der Waals surface area contributed by atoms with Crippen LogP contribution in [0, 0.1) is 23.5 Å². The van der Waals surface area contributed by atoms with E-state index in [0.717, 1.165) is 17.7 Å². The van der Waals surface area contributed by atoms with Crippen LogP contribution in [0.15, 0.2) is 0 Å². The van der Waals surface area contributed by atoms with E-state index in [-0.39, 0.29) is 26.2 Å². The van der Waals surface area contributed by atoms with Crippen LogP contribution >= 0.6 is 0 Å². The number of anilines is 1. The van der Waals surface area contributed by atoms with E-state index in [1.54, 1.807) is 0 Å². The molecule has 0 radical (unpaired) electrons. The van der Waals surface area contributed by atoms with Crippen LogP contribution in [-0.4, -0.2) is 65.9 Å². The molecule has 0 bridgehead atoms. The van der Waals surface area contributed by atoms with E-state index < -0.39 is 41.0 Å². The van der Waals surface area contributed by atoms with Gasteiger partial charge in [-0.25, -0.2) is 0 Å². The maximum atomic E-state index is 13.8. The molecule has 3 rings (SSSR count). The Balaban J connectivity index is 1.68. The Morgan fingerprint density at radius 2 is 1.16 bits per heavy atom. The minimum Gasteiger partial charge on any atom is -0.363 e. The van der Waals surface area contributed by atoms with E-state index in [0.29, 0.717) is 13.1 Å². The van der Waals surface area contributed by atoms with Gasteiger partial charge in [0.1, 0.15) is 5.69 Å². The Morgan fingerprint density at radius 1 is 0.720 bits per heavy atom. The summed E-state index contributed by atoms with van der Waals surface area (Å²) in [7, 11) is 0. The van der Waals surface area contributed by atoms with Crippen LogP contribution in [0.2, 0.25) is 0 Å². The molecule has 0 atom stereocenters. The van der Waals surface area contributed by atoms with Crippen molar-refractivity contribution in [3.63, 3.8) is 0 Å². The van der Waals surface area contributed by atoms with Crippen LogP contribution in [-0.2, 0) is 9.59 Å². The van der Waals surface area contributed by atoms with Crippen molar-refractivity contribution in [2.45, 2.75) is 12.8 Å². The van der Waals surface area contributed by atoms with Gasteiger partial charge in [0.2, 0.25) is 11.6 Å². The van der Waals surface area contributed by atoms with Gasteiger partial charge in [0.25, 0.3) is 11.9 Å². The summed E-state index contributed by atoms with van der Waals surface area (Å²) in [6.07, 6.45) is 1.70. The average molecular weight is 360 g/mol. The zero-order valence-corrected chi connectivity index (χ0v) is 13.3. The van der Waals surface area contributed by atoms with Crippen LogP contribution in [0.3, 0.4) is 0 Å². The van der Waals surface area contributed by atoms with Crippen molar-refractivity contribution in [2.75, 3.05) is 44.2 Å². The third-order valence-corrected chi connectivity index (χ3v) is 4.43. The number of hydrogen-bond donors (Lipinski definition) is 0. The predicted molar refractivity (Wildman–Crippen MR) is 78.7 cm³/mol. The fraction of sp³-hybridized carbons (Fsp3) is 0.533. The number of carbonyl (C=O) groups excluding carboxylic acids is 2. The zero-order valence-electron chi connectivity index (χ0n) is 13.3. The molecule has 2 amide bonds. The van der Waals surface area contributed by atoms with Crippen LogP contribution in [0.4, 0.5) is 23.2 Å². The van der Waals surface area contributed by atoms with Crippen LogP contribution < -0.4 is 4.90 Å². The number of carbonyl (C=O) groups is 2. The summed E-state index contributed by atoms with van der Waals surface area (Å²) in [5, 5.41) is 0. The molecule has 1 aromatic heterocycles. The van der Waals surface area contributed by atoms with Crippen molar-refractivity contribution < 1.29 is 27.2 Å². The highest BCUT2D eigenvalue weighted by atomic mass is 19.2. The smallest absolute Gasteiger partial charge is 0.312 e. The number of rotatable bonds is 1. The molecule has 25 heavy (non-hydrogen) atoms. The molecule has 2 fully saturated rings. The van der Waals surface area contributed by atoms with Crippen molar-refractivity contribution >= 4 is 17.5 Å². The SMILES string of the molecule is O=C(C(=O)N1CCN(c2c(F)c(F)nc(F)c2F)CC1)N1CCCC1. The molecule has 10 heteroatoms. The van der Waals surface area contributed by atoms with Gasteiger partial charge in [-0.2, -0.15) is 22.5 Å².